The number of ether oxygens (including phenoxy) is 1. The van der Waals surface area contributed by atoms with Gasteiger partial charge < -0.3 is 9.64 Å². The van der Waals surface area contributed by atoms with E-state index in [0.29, 0.717) is 44.7 Å². The topological polar surface area (TPSA) is 79.0 Å². The molecule has 0 unspecified atom stereocenters. The fraction of sp³-hybridized carbons (Fsp3) is 0.667. The zero-order chi connectivity index (χ0) is 21.4. The average Bonchev–Trinajstić information content (AvgIpc) is 3.11. The first-order valence-electron chi connectivity index (χ1n) is 10.4. The highest BCUT2D eigenvalue weighted by Gasteiger charge is 2.30. The molecule has 1 aromatic carbocycles. The van der Waals surface area contributed by atoms with E-state index in [4.69, 9.17) is 4.74 Å². The van der Waals surface area contributed by atoms with Gasteiger partial charge in [-0.2, -0.15) is 0 Å². The van der Waals surface area contributed by atoms with E-state index in [-0.39, 0.29) is 24.4 Å². The quantitative estimate of drug-likeness (QED) is 0.624. The molecule has 1 atom stereocenters. The Balaban J connectivity index is 1.74. The van der Waals surface area contributed by atoms with Crippen LogP contribution in [-0.2, 0) is 21.4 Å². The second-order valence-corrected chi connectivity index (χ2v) is 10.1. The van der Waals surface area contributed by atoms with Crippen molar-refractivity contribution in [2.24, 2.45) is 5.92 Å². The third-order valence-corrected chi connectivity index (χ3v) is 6.78. The predicted octanol–water partition coefficient (Wildman–Crippen LogP) is 2.68. The smallest absolute Gasteiger partial charge is 0.410 e. The molecule has 0 aromatic heterocycles. The van der Waals surface area contributed by atoms with Crippen LogP contribution in [0.1, 0.15) is 39.7 Å². The summed E-state index contributed by atoms with van der Waals surface area (Å²) in [5.41, 5.74) is 0.931. The molecule has 1 N–H and O–H groups in total. The molecule has 1 aliphatic heterocycles. The van der Waals surface area contributed by atoms with Crippen molar-refractivity contribution in [2.75, 3.05) is 31.9 Å². The molecular formula is C21H35N3O4S. The Morgan fingerprint density at radius 2 is 1.86 bits per heavy atom. The van der Waals surface area contributed by atoms with Crippen molar-refractivity contribution >= 4 is 16.1 Å². The third kappa shape index (κ3) is 7.95. The highest BCUT2D eigenvalue weighted by molar-refractivity contribution is 7.89. The maximum Gasteiger partial charge on any atom is 0.410 e. The van der Waals surface area contributed by atoms with E-state index in [1.807, 2.05) is 30.3 Å². The molecule has 0 saturated carbocycles. The molecule has 0 bridgehead atoms. The Labute approximate surface area is 175 Å². The first-order chi connectivity index (χ1) is 13.7. The summed E-state index contributed by atoms with van der Waals surface area (Å²) >= 11 is 0. The maximum atomic E-state index is 12.4. The maximum absolute atomic E-state index is 12.4. The fourth-order valence-electron chi connectivity index (χ4n) is 3.76. The molecule has 29 heavy (non-hydrogen) atoms. The van der Waals surface area contributed by atoms with Gasteiger partial charge in [0.25, 0.3) is 0 Å². The summed E-state index contributed by atoms with van der Waals surface area (Å²) < 4.78 is 32.9. The minimum atomic E-state index is -3.37. The molecule has 0 aliphatic carbocycles. The van der Waals surface area contributed by atoms with E-state index in [2.05, 4.69) is 37.3 Å². The summed E-state index contributed by atoms with van der Waals surface area (Å²) in [5.74, 6) is -0.0261. The van der Waals surface area contributed by atoms with Crippen molar-refractivity contribution in [3.63, 3.8) is 0 Å². The number of nitrogens with one attached hydrogen (secondary N) is 1. The second kappa shape index (κ2) is 10.9. The van der Waals surface area contributed by atoms with Crippen molar-refractivity contribution in [3.8, 4) is 0 Å². The third-order valence-electron chi connectivity index (χ3n) is 5.22. The van der Waals surface area contributed by atoms with Crippen LogP contribution in [0.25, 0.3) is 0 Å². The van der Waals surface area contributed by atoms with E-state index in [1.165, 1.54) is 0 Å². The number of benzene rings is 1. The number of carbonyl (C=O) groups is 1. The van der Waals surface area contributed by atoms with E-state index in [9.17, 15) is 13.2 Å². The molecule has 1 heterocycles. The predicted molar refractivity (Wildman–Crippen MR) is 115 cm³/mol. The highest BCUT2D eigenvalue weighted by Crippen LogP contribution is 2.19. The van der Waals surface area contributed by atoms with Gasteiger partial charge in [-0.15, -0.1) is 0 Å². The number of rotatable bonds is 10. The van der Waals surface area contributed by atoms with Crippen LogP contribution >= 0.6 is 0 Å². The molecule has 1 aromatic rings. The van der Waals surface area contributed by atoms with Crippen molar-refractivity contribution in [1.82, 2.24) is 14.5 Å². The van der Waals surface area contributed by atoms with E-state index in [1.54, 1.807) is 4.90 Å². The first-order valence-corrected chi connectivity index (χ1v) is 12.0. The van der Waals surface area contributed by atoms with Crippen LogP contribution in [0, 0.1) is 5.92 Å². The van der Waals surface area contributed by atoms with Crippen LogP contribution < -0.4 is 4.72 Å². The van der Waals surface area contributed by atoms with Crippen LogP contribution in [0.2, 0.25) is 0 Å². The van der Waals surface area contributed by atoms with Crippen LogP contribution in [0.3, 0.4) is 0 Å². The lowest BCUT2D eigenvalue weighted by Gasteiger charge is -2.30. The van der Waals surface area contributed by atoms with Crippen LogP contribution in [-0.4, -0.2) is 68.3 Å². The Bertz CT molecular complexity index is 730. The molecule has 1 amide bonds. The molecule has 164 valence electrons. The summed E-state index contributed by atoms with van der Waals surface area (Å²) in [7, 11) is -3.37. The van der Waals surface area contributed by atoms with Gasteiger partial charge in [0.15, 0.2) is 0 Å². The number of nitrogens with zero attached hydrogens (tertiary/aromatic N) is 2. The van der Waals surface area contributed by atoms with Crippen molar-refractivity contribution in [1.29, 1.82) is 0 Å². The first kappa shape index (κ1) is 23.6. The lowest BCUT2D eigenvalue weighted by Crippen LogP contribution is -2.43. The van der Waals surface area contributed by atoms with Crippen molar-refractivity contribution in [3.05, 3.63) is 35.9 Å². The Hall–Kier alpha value is -1.64. The molecular weight excluding hydrogens is 390 g/mol. The lowest BCUT2D eigenvalue weighted by atomic mass is 10.2. The molecule has 0 spiro atoms. The second-order valence-electron chi connectivity index (χ2n) is 8.24. The van der Waals surface area contributed by atoms with Gasteiger partial charge >= 0.3 is 6.09 Å². The molecule has 0 radical (unpaired) electrons. The molecule has 1 saturated heterocycles. The fourth-order valence-corrected chi connectivity index (χ4v) is 5.17. The number of carbonyl (C=O) groups excluding carboxylic acids is 1. The Kier molecular flexibility index (Phi) is 8.92. The molecule has 1 aliphatic rings. The number of amides is 1. The summed E-state index contributed by atoms with van der Waals surface area (Å²) in [6.07, 6.45) is 0.289. The SMILES string of the molecule is CC(C)N(CCNS(=O)(=O)C[C@@H]1CCN(C(=O)OCc2ccccc2)C1)C(C)C. The summed E-state index contributed by atoms with van der Waals surface area (Å²) in [4.78, 5) is 16.1. The van der Waals surface area contributed by atoms with Gasteiger partial charge in [-0.05, 0) is 45.6 Å². The minimum absolute atomic E-state index is 0.0405. The monoisotopic (exact) mass is 425 g/mol. The largest absolute Gasteiger partial charge is 0.445 e. The Morgan fingerprint density at radius 3 is 2.48 bits per heavy atom. The number of hydrogen-bond acceptors (Lipinski definition) is 5. The molecule has 1 fully saturated rings. The summed E-state index contributed by atoms with van der Waals surface area (Å²) in [6, 6.07) is 10.2. The van der Waals surface area contributed by atoms with Crippen LogP contribution in [0.5, 0.6) is 0 Å². The van der Waals surface area contributed by atoms with Crippen molar-refractivity contribution < 1.29 is 17.9 Å². The van der Waals surface area contributed by atoms with E-state index < -0.39 is 10.0 Å². The van der Waals surface area contributed by atoms with Crippen molar-refractivity contribution in [2.45, 2.75) is 52.8 Å². The van der Waals surface area contributed by atoms with Crippen LogP contribution in [0.15, 0.2) is 30.3 Å². The van der Waals surface area contributed by atoms with Gasteiger partial charge in [-0.25, -0.2) is 17.9 Å². The summed E-state index contributed by atoms with van der Waals surface area (Å²) in [6.45, 7) is 10.7. The molecule has 8 heteroatoms. The van der Waals surface area contributed by atoms with Gasteiger partial charge in [0.2, 0.25) is 10.0 Å². The zero-order valence-corrected chi connectivity index (χ0v) is 18.8. The number of hydrogen-bond donors (Lipinski definition) is 1. The Morgan fingerprint density at radius 1 is 1.21 bits per heavy atom. The number of likely N-dealkylation sites (tertiary alicyclic amines) is 1. The standard InChI is InChI=1S/C21H35N3O4S/c1-17(2)24(18(3)4)13-11-22-29(26,27)16-20-10-12-23(14-20)21(25)28-15-19-8-6-5-7-9-19/h5-9,17-18,20,22H,10-16H2,1-4H3/t20-/m1/s1. The minimum Gasteiger partial charge on any atom is -0.445 e. The number of sulfonamides is 1. The highest BCUT2D eigenvalue weighted by atomic mass is 32.2. The molecule has 7 nitrogen and oxygen atoms in total. The van der Waals surface area contributed by atoms with Gasteiger partial charge in [-0.1, -0.05) is 30.3 Å². The van der Waals surface area contributed by atoms with Gasteiger partial charge in [0.1, 0.15) is 6.61 Å². The van der Waals surface area contributed by atoms with E-state index in [0.717, 1.165) is 5.56 Å². The van der Waals surface area contributed by atoms with E-state index >= 15 is 0 Å². The summed E-state index contributed by atoms with van der Waals surface area (Å²) in [5, 5.41) is 0. The lowest BCUT2D eigenvalue weighted by molar-refractivity contribution is 0.103. The van der Waals surface area contributed by atoms with Crippen LogP contribution in [0.4, 0.5) is 4.79 Å². The van der Waals surface area contributed by atoms with Gasteiger partial charge in [0.05, 0.1) is 5.75 Å². The zero-order valence-electron chi connectivity index (χ0n) is 18.0. The van der Waals surface area contributed by atoms with Gasteiger partial charge in [-0.3, -0.25) is 4.90 Å². The average molecular weight is 426 g/mol. The van der Waals surface area contributed by atoms with Gasteiger partial charge in [0, 0.05) is 38.3 Å². The molecule has 2 rings (SSSR count). The normalized spacial score (nSPS) is 17.5.